The van der Waals surface area contributed by atoms with Gasteiger partial charge in [-0.05, 0) is 35.9 Å². The molecule has 6 nitrogen and oxygen atoms in total. The van der Waals surface area contributed by atoms with Gasteiger partial charge in [0.25, 0.3) is 11.8 Å². The molecule has 0 saturated heterocycles. The summed E-state index contributed by atoms with van der Waals surface area (Å²) in [4.78, 5) is 38.2. The van der Waals surface area contributed by atoms with Gasteiger partial charge in [-0.2, -0.15) is 0 Å². The maximum atomic E-state index is 12.9. The Hall–Kier alpha value is -3.67. The summed E-state index contributed by atoms with van der Waals surface area (Å²) in [5, 5.41) is 1.30. The second-order valence-corrected chi connectivity index (χ2v) is 6.19. The number of nitrogen functional groups attached to an aromatic ring is 1. The van der Waals surface area contributed by atoms with Crippen LogP contribution in [-0.2, 0) is 6.54 Å². The van der Waals surface area contributed by atoms with Crippen molar-refractivity contribution in [1.82, 2.24) is 4.90 Å². The molecule has 1 aliphatic heterocycles. The van der Waals surface area contributed by atoms with Crippen LogP contribution in [0.5, 0.6) is 0 Å². The minimum absolute atomic E-state index is 0.108. The zero-order chi connectivity index (χ0) is 18.4. The van der Waals surface area contributed by atoms with Crippen LogP contribution in [0, 0.1) is 0 Å². The number of carbonyl (C=O) groups is 3. The van der Waals surface area contributed by atoms with Gasteiger partial charge in [0.15, 0.2) is 0 Å². The van der Waals surface area contributed by atoms with Crippen molar-refractivity contribution in [2.24, 2.45) is 5.73 Å². The molecule has 4 rings (SSSR count). The van der Waals surface area contributed by atoms with Crippen LogP contribution in [0.3, 0.4) is 0 Å². The van der Waals surface area contributed by atoms with E-state index in [0.29, 0.717) is 33.2 Å². The van der Waals surface area contributed by atoms with E-state index in [0.717, 1.165) is 5.56 Å². The van der Waals surface area contributed by atoms with Crippen LogP contribution in [0.1, 0.15) is 36.6 Å². The minimum Gasteiger partial charge on any atom is -0.398 e. The Morgan fingerprint density at radius 2 is 1.54 bits per heavy atom. The lowest BCUT2D eigenvalue weighted by atomic mass is 9.93. The van der Waals surface area contributed by atoms with E-state index in [9.17, 15) is 14.4 Å². The average molecular weight is 345 g/mol. The summed E-state index contributed by atoms with van der Waals surface area (Å²) in [5.41, 5.74) is 13.8. The number of primary amides is 1. The number of benzene rings is 3. The van der Waals surface area contributed by atoms with E-state index in [4.69, 9.17) is 11.5 Å². The quantitative estimate of drug-likeness (QED) is 0.561. The van der Waals surface area contributed by atoms with Crippen molar-refractivity contribution in [2.45, 2.75) is 6.54 Å². The van der Waals surface area contributed by atoms with Crippen LogP contribution in [0.15, 0.2) is 54.6 Å². The molecule has 6 heteroatoms. The number of nitrogens with zero attached hydrogens (tertiary/aromatic N) is 1. The summed E-state index contributed by atoms with van der Waals surface area (Å²) in [7, 11) is 0. The molecule has 0 unspecified atom stereocenters. The van der Waals surface area contributed by atoms with Crippen LogP contribution in [-0.4, -0.2) is 22.6 Å². The number of nitrogens with two attached hydrogens (primary N) is 2. The topological polar surface area (TPSA) is 106 Å². The Balaban J connectivity index is 1.76. The number of carbonyl (C=O) groups excluding carboxylic acids is 3. The first-order chi connectivity index (χ1) is 12.5. The molecule has 3 aromatic carbocycles. The van der Waals surface area contributed by atoms with Crippen molar-refractivity contribution in [2.75, 3.05) is 5.73 Å². The van der Waals surface area contributed by atoms with Crippen molar-refractivity contribution >= 4 is 34.2 Å². The molecule has 1 aliphatic rings. The van der Waals surface area contributed by atoms with Gasteiger partial charge in [-0.3, -0.25) is 19.3 Å². The van der Waals surface area contributed by atoms with Crippen molar-refractivity contribution < 1.29 is 14.4 Å². The number of amides is 3. The number of anilines is 1. The Morgan fingerprint density at radius 1 is 0.885 bits per heavy atom. The zero-order valence-electron chi connectivity index (χ0n) is 13.7. The van der Waals surface area contributed by atoms with Gasteiger partial charge >= 0.3 is 0 Å². The highest BCUT2D eigenvalue weighted by Gasteiger charge is 2.33. The summed E-state index contributed by atoms with van der Waals surface area (Å²) in [6.45, 7) is 0.108. The number of hydrogen-bond acceptors (Lipinski definition) is 4. The molecule has 128 valence electrons. The summed E-state index contributed by atoms with van der Waals surface area (Å²) in [6.07, 6.45) is 0. The third-order valence-electron chi connectivity index (χ3n) is 4.60. The van der Waals surface area contributed by atoms with Gasteiger partial charge in [-0.1, -0.05) is 24.3 Å². The van der Waals surface area contributed by atoms with Gasteiger partial charge < -0.3 is 11.5 Å². The minimum atomic E-state index is -0.528. The summed E-state index contributed by atoms with van der Waals surface area (Å²) >= 11 is 0. The molecular weight excluding hydrogens is 330 g/mol. The SMILES string of the molecule is NC(=O)c1ccc(CN2C(=O)c3cccc4c(N)ccc(c34)C2=O)cc1. The lowest BCUT2D eigenvalue weighted by molar-refractivity contribution is 0.0598. The molecule has 0 radical (unpaired) electrons. The van der Waals surface area contributed by atoms with E-state index in [1.54, 1.807) is 54.6 Å². The molecule has 26 heavy (non-hydrogen) atoms. The zero-order valence-corrected chi connectivity index (χ0v) is 13.7. The summed E-state index contributed by atoms with van der Waals surface area (Å²) in [5.74, 6) is -1.25. The number of hydrogen-bond donors (Lipinski definition) is 2. The molecule has 3 amide bonds. The van der Waals surface area contributed by atoms with Crippen LogP contribution in [0.4, 0.5) is 5.69 Å². The normalized spacial score (nSPS) is 13.3. The molecule has 0 atom stereocenters. The predicted molar refractivity (Wildman–Crippen MR) is 97.5 cm³/mol. The number of rotatable bonds is 3. The predicted octanol–water partition coefficient (Wildman–Crippen LogP) is 2.32. The fourth-order valence-electron chi connectivity index (χ4n) is 3.27. The molecule has 3 aromatic rings. The van der Waals surface area contributed by atoms with Gasteiger partial charge in [-0.25, -0.2) is 0 Å². The fraction of sp³-hybridized carbons (Fsp3) is 0.0500. The highest BCUT2D eigenvalue weighted by Crippen LogP contribution is 2.33. The molecule has 0 spiro atoms. The van der Waals surface area contributed by atoms with E-state index in [1.165, 1.54) is 4.90 Å². The van der Waals surface area contributed by atoms with E-state index in [1.807, 2.05) is 0 Å². The van der Waals surface area contributed by atoms with Gasteiger partial charge in [0, 0.05) is 33.2 Å². The molecular formula is C20H15N3O3. The second-order valence-electron chi connectivity index (χ2n) is 6.19. The first-order valence-electron chi connectivity index (χ1n) is 8.03. The Morgan fingerprint density at radius 3 is 2.19 bits per heavy atom. The largest absolute Gasteiger partial charge is 0.398 e. The van der Waals surface area contributed by atoms with Crippen molar-refractivity contribution in [3.05, 3.63) is 76.9 Å². The van der Waals surface area contributed by atoms with Crippen LogP contribution in [0.25, 0.3) is 10.8 Å². The number of imide groups is 1. The molecule has 1 heterocycles. The third kappa shape index (κ3) is 2.31. The monoisotopic (exact) mass is 345 g/mol. The Bertz CT molecular complexity index is 1070. The third-order valence-corrected chi connectivity index (χ3v) is 4.60. The van der Waals surface area contributed by atoms with Crippen LogP contribution < -0.4 is 11.5 Å². The van der Waals surface area contributed by atoms with Crippen molar-refractivity contribution in [3.63, 3.8) is 0 Å². The standard InChI is InChI=1S/C20H15N3O3/c21-16-9-8-15-17-13(16)2-1-3-14(17)19(25)23(20(15)26)10-11-4-6-12(7-5-11)18(22)24/h1-9H,10,21H2,(H2,22,24). The molecule has 0 aliphatic carbocycles. The summed E-state index contributed by atoms with van der Waals surface area (Å²) in [6, 6.07) is 15.1. The first-order valence-corrected chi connectivity index (χ1v) is 8.03. The Labute approximate surface area is 149 Å². The van der Waals surface area contributed by atoms with E-state index < -0.39 is 5.91 Å². The van der Waals surface area contributed by atoms with Gasteiger partial charge in [-0.15, -0.1) is 0 Å². The lowest BCUT2D eigenvalue weighted by Gasteiger charge is -2.27. The maximum Gasteiger partial charge on any atom is 0.261 e. The highest BCUT2D eigenvalue weighted by atomic mass is 16.2. The molecule has 0 bridgehead atoms. The lowest BCUT2D eigenvalue weighted by Crippen LogP contribution is -2.39. The van der Waals surface area contributed by atoms with Gasteiger partial charge in [0.2, 0.25) is 5.91 Å². The van der Waals surface area contributed by atoms with E-state index in [2.05, 4.69) is 0 Å². The van der Waals surface area contributed by atoms with Gasteiger partial charge in [0.1, 0.15) is 0 Å². The van der Waals surface area contributed by atoms with Crippen molar-refractivity contribution in [3.8, 4) is 0 Å². The molecule has 0 saturated carbocycles. The van der Waals surface area contributed by atoms with Crippen molar-refractivity contribution in [1.29, 1.82) is 0 Å². The smallest absolute Gasteiger partial charge is 0.261 e. The maximum absolute atomic E-state index is 12.9. The van der Waals surface area contributed by atoms with Crippen LogP contribution >= 0.6 is 0 Å². The fourth-order valence-corrected chi connectivity index (χ4v) is 3.27. The van der Waals surface area contributed by atoms with E-state index >= 15 is 0 Å². The van der Waals surface area contributed by atoms with Gasteiger partial charge in [0.05, 0.1) is 6.54 Å². The molecule has 4 N–H and O–H groups in total. The van der Waals surface area contributed by atoms with E-state index in [-0.39, 0.29) is 18.4 Å². The second kappa shape index (κ2) is 5.70. The highest BCUT2D eigenvalue weighted by molar-refractivity contribution is 6.26. The molecule has 0 fully saturated rings. The Kier molecular flexibility index (Phi) is 3.47. The van der Waals surface area contributed by atoms with Crippen LogP contribution in [0.2, 0.25) is 0 Å². The summed E-state index contributed by atoms with van der Waals surface area (Å²) < 4.78 is 0. The first kappa shape index (κ1) is 15.8. The average Bonchev–Trinajstić information content (AvgIpc) is 2.64. The molecule has 0 aromatic heterocycles.